The molecule has 0 saturated carbocycles. The van der Waals surface area contributed by atoms with Gasteiger partial charge >= 0.3 is 6.03 Å². The van der Waals surface area contributed by atoms with Crippen LogP contribution < -0.4 is 21.3 Å². The van der Waals surface area contributed by atoms with Gasteiger partial charge in [-0.1, -0.05) is 6.92 Å². The summed E-state index contributed by atoms with van der Waals surface area (Å²) in [5, 5.41) is 11.3. The Kier molecular flexibility index (Phi) is 6.68. The van der Waals surface area contributed by atoms with Crippen LogP contribution in [0.5, 0.6) is 0 Å². The van der Waals surface area contributed by atoms with Crippen molar-refractivity contribution in [3.63, 3.8) is 0 Å². The average molecular weight is 292 g/mol. The van der Waals surface area contributed by atoms with E-state index in [4.69, 9.17) is 0 Å². The number of hydrogen-bond donors (Lipinski definition) is 4. The van der Waals surface area contributed by atoms with E-state index in [2.05, 4.69) is 21.3 Å². The second kappa shape index (κ2) is 8.26. The zero-order valence-corrected chi connectivity index (χ0v) is 13.0. The van der Waals surface area contributed by atoms with Crippen LogP contribution in [-0.4, -0.2) is 31.6 Å². The number of urea groups is 1. The highest BCUT2D eigenvalue weighted by molar-refractivity contribution is 5.93. The molecule has 6 nitrogen and oxygen atoms in total. The molecule has 0 radical (unpaired) electrons. The number of carbonyl (C=O) groups excluding carboxylic acids is 2. The molecule has 1 atom stereocenters. The van der Waals surface area contributed by atoms with Crippen LogP contribution in [0.2, 0.25) is 0 Å². The van der Waals surface area contributed by atoms with Crippen molar-refractivity contribution in [3.05, 3.63) is 24.3 Å². The third kappa shape index (κ3) is 6.27. The number of hydrogen-bond acceptors (Lipinski definition) is 3. The minimum atomic E-state index is -0.246. The standard InChI is InChI=1S/C15H24N4O2/c1-10(2)17-15(21)19-13-7-5-12(6-8-13)18-14(20)11(3)9-16-4/h5-8,10-11,16H,9H2,1-4H3,(H,18,20)(H2,17,19,21). The smallest absolute Gasteiger partial charge is 0.319 e. The van der Waals surface area contributed by atoms with E-state index in [9.17, 15) is 9.59 Å². The molecule has 0 aliphatic rings. The lowest BCUT2D eigenvalue weighted by Crippen LogP contribution is -2.34. The molecule has 116 valence electrons. The van der Waals surface area contributed by atoms with Crippen molar-refractivity contribution in [1.82, 2.24) is 10.6 Å². The fourth-order valence-electron chi connectivity index (χ4n) is 1.73. The fraction of sp³-hybridized carbons (Fsp3) is 0.467. The average Bonchev–Trinajstić information content (AvgIpc) is 2.40. The second-order valence-corrected chi connectivity index (χ2v) is 5.28. The minimum Gasteiger partial charge on any atom is -0.336 e. The van der Waals surface area contributed by atoms with Gasteiger partial charge in [-0.15, -0.1) is 0 Å². The highest BCUT2D eigenvalue weighted by Crippen LogP contribution is 2.14. The summed E-state index contributed by atoms with van der Waals surface area (Å²) >= 11 is 0. The van der Waals surface area contributed by atoms with Crippen LogP contribution in [0.1, 0.15) is 20.8 Å². The first-order chi connectivity index (χ1) is 9.92. The monoisotopic (exact) mass is 292 g/mol. The van der Waals surface area contributed by atoms with Crippen molar-refractivity contribution >= 4 is 23.3 Å². The Morgan fingerprint density at radius 2 is 1.52 bits per heavy atom. The van der Waals surface area contributed by atoms with Gasteiger partial charge in [0.15, 0.2) is 0 Å². The Morgan fingerprint density at radius 3 is 2.00 bits per heavy atom. The van der Waals surface area contributed by atoms with E-state index in [0.29, 0.717) is 17.9 Å². The number of amides is 3. The number of rotatable bonds is 6. The van der Waals surface area contributed by atoms with Gasteiger partial charge in [0.25, 0.3) is 0 Å². The van der Waals surface area contributed by atoms with Crippen molar-refractivity contribution in [2.24, 2.45) is 5.92 Å². The summed E-state index contributed by atoms with van der Waals surface area (Å²) in [6, 6.07) is 6.85. The Balaban J connectivity index is 2.54. The molecule has 3 amide bonds. The van der Waals surface area contributed by atoms with Gasteiger partial charge in [0.05, 0.1) is 0 Å². The van der Waals surface area contributed by atoms with E-state index in [1.807, 2.05) is 27.8 Å². The number of benzene rings is 1. The van der Waals surface area contributed by atoms with Crippen LogP contribution in [-0.2, 0) is 4.79 Å². The molecular formula is C15H24N4O2. The third-order valence-electron chi connectivity index (χ3n) is 2.79. The SMILES string of the molecule is CNCC(C)C(=O)Nc1ccc(NC(=O)NC(C)C)cc1. The predicted octanol–water partition coefficient (Wildman–Crippen LogP) is 2.01. The molecule has 21 heavy (non-hydrogen) atoms. The van der Waals surface area contributed by atoms with E-state index in [1.165, 1.54) is 0 Å². The maximum absolute atomic E-state index is 11.9. The van der Waals surface area contributed by atoms with Crippen molar-refractivity contribution in [3.8, 4) is 0 Å². The second-order valence-electron chi connectivity index (χ2n) is 5.28. The maximum atomic E-state index is 11.9. The van der Waals surface area contributed by atoms with Gasteiger partial charge in [-0.25, -0.2) is 4.79 Å². The van der Waals surface area contributed by atoms with Crippen molar-refractivity contribution < 1.29 is 9.59 Å². The zero-order chi connectivity index (χ0) is 15.8. The summed E-state index contributed by atoms with van der Waals surface area (Å²) in [4.78, 5) is 23.4. The molecule has 0 aliphatic heterocycles. The molecule has 0 saturated heterocycles. The van der Waals surface area contributed by atoms with Crippen LogP contribution in [0, 0.1) is 5.92 Å². The minimum absolute atomic E-state index is 0.0392. The van der Waals surface area contributed by atoms with E-state index < -0.39 is 0 Å². The van der Waals surface area contributed by atoms with Gasteiger partial charge in [-0.3, -0.25) is 4.79 Å². The molecule has 4 N–H and O–H groups in total. The van der Waals surface area contributed by atoms with Crippen LogP contribution in [0.4, 0.5) is 16.2 Å². The quantitative estimate of drug-likeness (QED) is 0.647. The maximum Gasteiger partial charge on any atom is 0.319 e. The molecule has 1 aromatic carbocycles. The topological polar surface area (TPSA) is 82.3 Å². The van der Waals surface area contributed by atoms with E-state index in [-0.39, 0.29) is 23.9 Å². The molecule has 6 heteroatoms. The van der Waals surface area contributed by atoms with Crippen molar-refractivity contribution in [1.29, 1.82) is 0 Å². The lowest BCUT2D eigenvalue weighted by molar-refractivity contribution is -0.119. The van der Waals surface area contributed by atoms with E-state index >= 15 is 0 Å². The molecule has 1 aromatic rings. The molecule has 0 spiro atoms. The van der Waals surface area contributed by atoms with E-state index in [1.54, 1.807) is 24.3 Å². The van der Waals surface area contributed by atoms with Crippen LogP contribution >= 0.6 is 0 Å². The largest absolute Gasteiger partial charge is 0.336 e. The lowest BCUT2D eigenvalue weighted by Gasteiger charge is -2.13. The number of nitrogens with one attached hydrogen (secondary N) is 4. The summed E-state index contributed by atoms with van der Waals surface area (Å²) in [5.74, 6) is -0.146. The first kappa shape index (κ1) is 17.0. The Morgan fingerprint density at radius 1 is 1.00 bits per heavy atom. The van der Waals surface area contributed by atoms with Crippen LogP contribution in [0.25, 0.3) is 0 Å². The van der Waals surface area contributed by atoms with E-state index in [0.717, 1.165) is 0 Å². The lowest BCUT2D eigenvalue weighted by atomic mass is 10.1. The van der Waals surface area contributed by atoms with Crippen LogP contribution in [0.15, 0.2) is 24.3 Å². The summed E-state index contributed by atoms with van der Waals surface area (Å²) in [6.07, 6.45) is 0. The molecule has 0 aliphatic carbocycles. The summed E-state index contributed by atoms with van der Waals surface area (Å²) in [5.41, 5.74) is 1.38. The molecule has 0 bridgehead atoms. The van der Waals surface area contributed by atoms with Crippen molar-refractivity contribution in [2.45, 2.75) is 26.8 Å². The van der Waals surface area contributed by atoms with Gasteiger partial charge in [0.2, 0.25) is 5.91 Å². The first-order valence-corrected chi connectivity index (χ1v) is 7.05. The Hall–Kier alpha value is -2.08. The molecule has 1 unspecified atom stereocenters. The summed E-state index contributed by atoms with van der Waals surface area (Å²) in [6.45, 7) is 6.27. The molecule has 0 fully saturated rings. The highest BCUT2D eigenvalue weighted by atomic mass is 16.2. The first-order valence-electron chi connectivity index (χ1n) is 7.05. The van der Waals surface area contributed by atoms with Gasteiger partial charge < -0.3 is 21.3 Å². The normalized spacial score (nSPS) is 11.9. The number of anilines is 2. The summed E-state index contributed by atoms with van der Waals surface area (Å²) in [7, 11) is 1.81. The fourth-order valence-corrected chi connectivity index (χ4v) is 1.73. The highest BCUT2D eigenvalue weighted by Gasteiger charge is 2.11. The molecule has 0 aromatic heterocycles. The molecule has 1 rings (SSSR count). The Labute approximate surface area is 125 Å². The summed E-state index contributed by atoms with van der Waals surface area (Å²) < 4.78 is 0. The van der Waals surface area contributed by atoms with Gasteiger partial charge in [0.1, 0.15) is 0 Å². The molecular weight excluding hydrogens is 268 g/mol. The third-order valence-corrected chi connectivity index (χ3v) is 2.79. The predicted molar refractivity (Wildman–Crippen MR) is 85.5 cm³/mol. The van der Waals surface area contributed by atoms with Crippen LogP contribution in [0.3, 0.4) is 0 Å². The zero-order valence-electron chi connectivity index (χ0n) is 13.0. The van der Waals surface area contributed by atoms with Crippen molar-refractivity contribution in [2.75, 3.05) is 24.2 Å². The van der Waals surface area contributed by atoms with Gasteiger partial charge in [-0.2, -0.15) is 0 Å². The van der Waals surface area contributed by atoms with Gasteiger partial charge in [0, 0.05) is 29.9 Å². The number of carbonyl (C=O) groups is 2. The van der Waals surface area contributed by atoms with Gasteiger partial charge in [-0.05, 0) is 45.2 Å². The molecule has 0 heterocycles. The Bertz CT molecular complexity index is 471.